The Morgan fingerprint density at radius 2 is 1.97 bits per heavy atom. The van der Waals surface area contributed by atoms with Crippen LogP contribution in [0.2, 0.25) is 0 Å². The van der Waals surface area contributed by atoms with Crippen LogP contribution in [0.25, 0.3) is 16.5 Å². The highest BCUT2D eigenvalue weighted by Crippen LogP contribution is 2.37. The predicted molar refractivity (Wildman–Crippen MR) is 136 cm³/mol. The van der Waals surface area contributed by atoms with Gasteiger partial charge in [-0.15, -0.1) is 5.10 Å². The molecule has 0 saturated heterocycles. The lowest BCUT2D eigenvalue weighted by Gasteiger charge is -2.34. The molecule has 3 aromatic rings. The quantitative estimate of drug-likeness (QED) is 0.507. The van der Waals surface area contributed by atoms with Crippen molar-refractivity contribution in [2.75, 3.05) is 12.9 Å². The Labute approximate surface area is 204 Å². The zero-order chi connectivity index (χ0) is 22.9. The van der Waals surface area contributed by atoms with Gasteiger partial charge < -0.3 is 4.74 Å². The summed E-state index contributed by atoms with van der Waals surface area (Å²) in [5, 5.41) is 13.8. The molecule has 0 unspecified atom stereocenters. The number of carbonyl (C=O) groups is 1. The topological polar surface area (TPSA) is 66.3 Å². The maximum Gasteiger partial charge on any atom is 0.276 e. The summed E-state index contributed by atoms with van der Waals surface area (Å²) in [5.41, 5.74) is 1.47. The van der Waals surface area contributed by atoms with E-state index < -0.39 is 6.17 Å². The number of amidine groups is 1. The van der Waals surface area contributed by atoms with Crippen LogP contribution in [0, 0.1) is 0 Å². The molecule has 0 spiro atoms. The number of nitrogens with one attached hydrogen (secondary N) is 1. The second kappa shape index (κ2) is 9.19. The van der Waals surface area contributed by atoms with E-state index in [2.05, 4.69) is 34.2 Å². The molecule has 0 saturated carbocycles. The third-order valence-corrected chi connectivity index (χ3v) is 7.17. The highest BCUT2D eigenvalue weighted by atomic mass is 79.9. The van der Waals surface area contributed by atoms with E-state index in [9.17, 15) is 4.79 Å². The van der Waals surface area contributed by atoms with Crippen molar-refractivity contribution < 1.29 is 9.53 Å². The molecule has 33 heavy (non-hydrogen) atoms. The van der Waals surface area contributed by atoms with Gasteiger partial charge in [0.25, 0.3) is 5.91 Å². The number of hydrogen-bond acceptors (Lipinski definition) is 6. The van der Waals surface area contributed by atoms with Crippen LogP contribution in [-0.2, 0) is 4.79 Å². The maximum absolute atomic E-state index is 13.3. The van der Waals surface area contributed by atoms with Crippen LogP contribution in [-0.4, -0.2) is 28.9 Å². The molecule has 0 aromatic heterocycles. The number of ether oxygens (including phenoxy) is 1. The summed E-state index contributed by atoms with van der Waals surface area (Å²) >= 11 is 5.10. The van der Waals surface area contributed by atoms with Crippen LogP contribution in [0.4, 0.5) is 0 Å². The van der Waals surface area contributed by atoms with Crippen LogP contribution in [0.1, 0.15) is 31.5 Å². The summed E-state index contributed by atoms with van der Waals surface area (Å²) in [4.78, 5) is 18.4. The van der Waals surface area contributed by atoms with Crippen LogP contribution in [0.3, 0.4) is 0 Å². The van der Waals surface area contributed by atoms with Crippen molar-refractivity contribution in [3.05, 3.63) is 75.2 Å². The summed E-state index contributed by atoms with van der Waals surface area (Å²) < 4.78 is 6.47. The Morgan fingerprint density at radius 3 is 2.76 bits per heavy atom. The van der Waals surface area contributed by atoms with Gasteiger partial charge in [0.2, 0.25) is 0 Å². The lowest BCUT2D eigenvalue weighted by Crippen LogP contribution is -2.50. The van der Waals surface area contributed by atoms with E-state index in [0.717, 1.165) is 55.7 Å². The average molecular weight is 523 g/mol. The fourth-order valence-corrected chi connectivity index (χ4v) is 5.43. The van der Waals surface area contributed by atoms with Crippen molar-refractivity contribution in [1.82, 2.24) is 10.3 Å². The van der Waals surface area contributed by atoms with Crippen molar-refractivity contribution in [2.24, 2.45) is 10.1 Å². The van der Waals surface area contributed by atoms with E-state index in [1.807, 2.05) is 48.5 Å². The summed E-state index contributed by atoms with van der Waals surface area (Å²) in [5.74, 6) is 1.53. The Morgan fingerprint density at radius 1 is 1.15 bits per heavy atom. The normalized spacial score (nSPS) is 17.1. The number of fused-ring (bicyclic) bond motifs is 3. The lowest BCUT2D eigenvalue weighted by atomic mass is 10.00. The molecule has 1 amide bonds. The molecular formula is C25H23BrN4O2S. The third kappa shape index (κ3) is 4.02. The first-order chi connectivity index (χ1) is 16.1. The Hall–Kier alpha value is -2.84. The van der Waals surface area contributed by atoms with Gasteiger partial charge in [-0.05, 0) is 36.1 Å². The highest BCUT2D eigenvalue weighted by molar-refractivity contribution is 9.10. The average Bonchev–Trinajstić information content (AvgIpc) is 2.83. The standard InChI is InChI=1S/C25H23BrN4O2S/c1-3-4-13-33-25-28-24(31)22-19-14-15(26)9-11-20(19)27-23(30(22)29-25)18-10-12-21(32-2)17-8-6-5-7-16(17)18/h5-12,14,23H,3-4,13H2,1-2H3,(H,28,29,31)/t23-/m0/s1. The van der Waals surface area contributed by atoms with Crippen molar-refractivity contribution in [3.8, 4) is 5.75 Å². The second-order valence-corrected chi connectivity index (χ2v) is 9.82. The number of hydrogen-bond donors (Lipinski definition) is 1. The van der Waals surface area contributed by atoms with Crippen molar-refractivity contribution >= 4 is 55.2 Å². The minimum atomic E-state index is -0.475. The van der Waals surface area contributed by atoms with Crippen molar-refractivity contribution in [3.63, 3.8) is 0 Å². The smallest absolute Gasteiger partial charge is 0.276 e. The van der Waals surface area contributed by atoms with E-state index >= 15 is 0 Å². The highest BCUT2D eigenvalue weighted by Gasteiger charge is 2.35. The second-order valence-electron chi connectivity index (χ2n) is 7.82. The number of methoxy groups -OCH3 is 1. The zero-order valence-corrected chi connectivity index (χ0v) is 20.7. The number of amides is 1. The van der Waals surface area contributed by atoms with Crippen LogP contribution < -0.4 is 20.6 Å². The van der Waals surface area contributed by atoms with Gasteiger partial charge in [0.05, 0.1) is 12.5 Å². The molecule has 2 aliphatic rings. The fraction of sp³-hybridized carbons (Fsp3) is 0.240. The number of unbranched alkanes of at least 4 members (excludes halogenated alkanes) is 1. The van der Waals surface area contributed by atoms with E-state index in [4.69, 9.17) is 14.8 Å². The van der Waals surface area contributed by atoms with Gasteiger partial charge >= 0.3 is 0 Å². The maximum atomic E-state index is 13.3. The van der Waals surface area contributed by atoms with Gasteiger partial charge in [-0.2, -0.15) is 0 Å². The molecular weight excluding hydrogens is 500 g/mol. The van der Waals surface area contributed by atoms with E-state index in [-0.39, 0.29) is 5.91 Å². The molecule has 1 N–H and O–H groups in total. The molecule has 1 atom stereocenters. The van der Waals surface area contributed by atoms with Crippen LogP contribution in [0.5, 0.6) is 5.75 Å². The molecule has 5 rings (SSSR count). The van der Waals surface area contributed by atoms with Gasteiger partial charge in [0, 0.05) is 26.4 Å². The molecule has 168 valence electrons. The predicted octanol–water partition coefficient (Wildman–Crippen LogP) is 4.29. The molecule has 8 heteroatoms. The van der Waals surface area contributed by atoms with Gasteiger partial charge in [0.1, 0.15) is 11.4 Å². The van der Waals surface area contributed by atoms with E-state index in [1.165, 1.54) is 0 Å². The molecule has 0 radical (unpaired) electrons. The van der Waals surface area contributed by atoms with Gasteiger partial charge in [-0.25, -0.2) is 5.01 Å². The van der Waals surface area contributed by atoms with Crippen LogP contribution >= 0.6 is 27.7 Å². The Kier molecular flexibility index (Phi) is 6.12. The summed E-state index contributed by atoms with van der Waals surface area (Å²) in [6.07, 6.45) is 1.67. The van der Waals surface area contributed by atoms with Gasteiger partial charge in [-0.1, -0.05) is 71.4 Å². The largest absolute Gasteiger partial charge is 0.496 e. The number of thioether (sulfide) groups is 1. The fourth-order valence-electron chi connectivity index (χ4n) is 4.13. The molecule has 6 nitrogen and oxygen atoms in total. The van der Waals surface area contributed by atoms with Crippen molar-refractivity contribution in [1.29, 1.82) is 0 Å². The van der Waals surface area contributed by atoms with Gasteiger partial charge in [-0.3, -0.25) is 15.1 Å². The first kappa shape index (κ1) is 22.0. The Bertz CT molecular complexity index is 1410. The summed E-state index contributed by atoms with van der Waals surface area (Å²) in [6, 6.07) is 17.9. The number of hydrazone groups is 1. The molecule has 2 heterocycles. The number of rotatable bonds is 5. The lowest BCUT2D eigenvalue weighted by molar-refractivity contribution is -0.116. The van der Waals surface area contributed by atoms with Crippen molar-refractivity contribution in [2.45, 2.75) is 25.9 Å². The molecule has 0 bridgehead atoms. The summed E-state index contributed by atoms with van der Waals surface area (Å²) in [7, 11) is 1.67. The monoisotopic (exact) mass is 522 g/mol. The molecule has 0 aliphatic carbocycles. The van der Waals surface area contributed by atoms with Crippen LogP contribution in [0.15, 0.2) is 69.2 Å². The minimum Gasteiger partial charge on any atom is -0.496 e. The number of benzene rings is 3. The zero-order valence-electron chi connectivity index (χ0n) is 18.3. The SMILES string of the molecule is CCCCSC1=NN2C(=c3cc(Br)ccc3=N[C@@H]2c2ccc(OC)c3ccccc23)C(=O)N1. The summed E-state index contributed by atoms with van der Waals surface area (Å²) in [6.45, 7) is 2.15. The first-order valence-electron chi connectivity index (χ1n) is 10.9. The number of halogens is 1. The molecule has 0 fully saturated rings. The Balaban J connectivity index is 1.73. The molecule has 3 aromatic carbocycles. The number of carbonyl (C=O) groups excluding carboxylic acids is 1. The first-order valence-corrected chi connectivity index (χ1v) is 12.6. The molecule has 2 aliphatic heterocycles. The van der Waals surface area contributed by atoms with E-state index in [0.29, 0.717) is 10.9 Å². The minimum absolute atomic E-state index is 0.166. The third-order valence-electron chi connectivity index (χ3n) is 5.72. The van der Waals surface area contributed by atoms with Gasteiger partial charge in [0.15, 0.2) is 11.3 Å². The number of nitrogens with zero attached hydrogens (tertiary/aromatic N) is 3. The van der Waals surface area contributed by atoms with E-state index in [1.54, 1.807) is 23.9 Å².